The summed E-state index contributed by atoms with van der Waals surface area (Å²) >= 11 is 3.66. The number of rotatable bonds is 1. The van der Waals surface area contributed by atoms with Crippen molar-refractivity contribution in [1.82, 2.24) is 0 Å². The molecule has 1 aromatic carbocycles. The van der Waals surface area contributed by atoms with Crippen LogP contribution in [-0.2, 0) is 6.18 Å². The summed E-state index contributed by atoms with van der Waals surface area (Å²) in [6.45, 7) is 1.78. The molecule has 2 rings (SSSR count). The van der Waals surface area contributed by atoms with E-state index >= 15 is 0 Å². The third-order valence-corrected chi connectivity index (χ3v) is 4.77. The highest BCUT2D eigenvalue weighted by Gasteiger charge is 2.32. The van der Waals surface area contributed by atoms with Gasteiger partial charge in [0.1, 0.15) is 0 Å². The quantitative estimate of drug-likeness (QED) is 0.605. The number of alkyl halides is 4. The van der Waals surface area contributed by atoms with Gasteiger partial charge in [-0.3, -0.25) is 0 Å². The van der Waals surface area contributed by atoms with Crippen molar-refractivity contribution in [1.29, 1.82) is 0 Å². The third-order valence-electron chi connectivity index (χ3n) is 3.68. The van der Waals surface area contributed by atoms with Crippen molar-refractivity contribution in [2.45, 2.75) is 49.5 Å². The standard InChI is InChI=1S/C14H16BrF3/c1-9-8-10(14(16,17)18)6-7-11(9)12-4-2-3-5-13(12)15/h6-8,12-13H,2-5H2,1H3. The van der Waals surface area contributed by atoms with Crippen LogP contribution in [0.1, 0.15) is 48.3 Å². The Morgan fingerprint density at radius 2 is 1.83 bits per heavy atom. The molecule has 0 N–H and O–H groups in total. The highest BCUT2D eigenvalue weighted by atomic mass is 79.9. The van der Waals surface area contributed by atoms with E-state index in [0.29, 0.717) is 10.7 Å². The summed E-state index contributed by atoms with van der Waals surface area (Å²) in [4.78, 5) is 0.390. The van der Waals surface area contributed by atoms with Gasteiger partial charge >= 0.3 is 6.18 Å². The van der Waals surface area contributed by atoms with Gasteiger partial charge < -0.3 is 0 Å². The van der Waals surface area contributed by atoms with Crippen molar-refractivity contribution in [3.63, 3.8) is 0 Å². The van der Waals surface area contributed by atoms with Crippen molar-refractivity contribution in [3.05, 3.63) is 34.9 Å². The van der Waals surface area contributed by atoms with Gasteiger partial charge in [0.2, 0.25) is 0 Å². The summed E-state index contributed by atoms with van der Waals surface area (Å²) in [5.74, 6) is 0.348. The summed E-state index contributed by atoms with van der Waals surface area (Å²) in [5, 5.41) is 0. The van der Waals surface area contributed by atoms with Crippen LogP contribution < -0.4 is 0 Å². The van der Waals surface area contributed by atoms with Crippen LogP contribution in [0.25, 0.3) is 0 Å². The zero-order valence-corrected chi connectivity index (χ0v) is 11.8. The normalized spacial score (nSPS) is 25.2. The van der Waals surface area contributed by atoms with E-state index in [-0.39, 0.29) is 0 Å². The van der Waals surface area contributed by atoms with Gasteiger partial charge in [0, 0.05) is 4.83 Å². The molecule has 1 aliphatic carbocycles. The lowest BCUT2D eigenvalue weighted by Crippen LogP contribution is -2.18. The number of aryl methyl sites for hydroxylation is 1. The minimum Gasteiger partial charge on any atom is -0.166 e. The molecule has 1 aromatic rings. The Kier molecular flexibility index (Phi) is 4.05. The molecule has 100 valence electrons. The largest absolute Gasteiger partial charge is 0.416 e. The van der Waals surface area contributed by atoms with E-state index in [9.17, 15) is 13.2 Å². The smallest absolute Gasteiger partial charge is 0.166 e. The predicted octanol–water partition coefficient (Wildman–Crippen LogP) is 5.43. The molecule has 2 atom stereocenters. The Morgan fingerprint density at radius 1 is 1.17 bits per heavy atom. The minimum absolute atomic E-state index is 0.348. The lowest BCUT2D eigenvalue weighted by Gasteiger charge is -2.29. The average Bonchev–Trinajstić information content (AvgIpc) is 2.29. The van der Waals surface area contributed by atoms with Crippen LogP contribution >= 0.6 is 15.9 Å². The molecule has 1 aliphatic rings. The Labute approximate surface area is 114 Å². The third kappa shape index (κ3) is 2.90. The second-order valence-corrected chi connectivity index (χ2v) is 6.15. The maximum atomic E-state index is 12.6. The highest BCUT2D eigenvalue weighted by Crippen LogP contribution is 2.40. The average molecular weight is 321 g/mol. The first kappa shape index (κ1) is 13.9. The second-order valence-electron chi connectivity index (χ2n) is 4.98. The first-order valence-electron chi connectivity index (χ1n) is 6.21. The minimum atomic E-state index is -4.25. The molecule has 0 heterocycles. The first-order valence-corrected chi connectivity index (χ1v) is 7.13. The molecule has 0 aliphatic heterocycles. The summed E-state index contributed by atoms with van der Waals surface area (Å²) in [7, 11) is 0. The monoisotopic (exact) mass is 320 g/mol. The lowest BCUT2D eigenvalue weighted by atomic mass is 9.82. The van der Waals surface area contributed by atoms with Crippen molar-refractivity contribution in [2.75, 3.05) is 0 Å². The fraction of sp³-hybridized carbons (Fsp3) is 0.571. The Hall–Kier alpha value is -0.510. The first-order chi connectivity index (χ1) is 8.39. The summed E-state index contributed by atoms with van der Waals surface area (Å²) in [6, 6.07) is 4.13. The molecule has 0 spiro atoms. The van der Waals surface area contributed by atoms with E-state index in [0.717, 1.165) is 30.4 Å². The summed E-state index contributed by atoms with van der Waals surface area (Å²) in [6.07, 6.45) is 0.274. The predicted molar refractivity (Wildman–Crippen MR) is 70.1 cm³/mol. The molecule has 4 heteroatoms. The fourth-order valence-electron chi connectivity index (χ4n) is 2.70. The molecule has 0 amide bonds. The summed E-state index contributed by atoms with van der Waals surface area (Å²) in [5.41, 5.74) is 1.26. The molecule has 2 unspecified atom stereocenters. The van der Waals surface area contributed by atoms with Gasteiger partial charge in [-0.05, 0) is 48.9 Å². The van der Waals surface area contributed by atoms with Gasteiger partial charge in [0.15, 0.2) is 0 Å². The van der Waals surface area contributed by atoms with E-state index in [1.165, 1.54) is 18.6 Å². The summed E-state index contributed by atoms with van der Waals surface area (Å²) < 4.78 is 37.8. The Morgan fingerprint density at radius 3 is 2.39 bits per heavy atom. The van der Waals surface area contributed by atoms with E-state index < -0.39 is 11.7 Å². The maximum absolute atomic E-state index is 12.6. The van der Waals surface area contributed by atoms with Gasteiger partial charge in [0.05, 0.1) is 5.56 Å². The SMILES string of the molecule is Cc1cc(C(F)(F)F)ccc1C1CCCCC1Br. The van der Waals surface area contributed by atoms with Crippen LogP contribution in [0.3, 0.4) is 0 Å². The highest BCUT2D eigenvalue weighted by molar-refractivity contribution is 9.09. The molecule has 1 saturated carbocycles. The number of benzene rings is 1. The van der Waals surface area contributed by atoms with Crippen LogP contribution in [0.15, 0.2) is 18.2 Å². The maximum Gasteiger partial charge on any atom is 0.416 e. The van der Waals surface area contributed by atoms with Crippen molar-refractivity contribution in [2.24, 2.45) is 0 Å². The molecule has 0 aromatic heterocycles. The van der Waals surface area contributed by atoms with Crippen molar-refractivity contribution >= 4 is 15.9 Å². The zero-order chi connectivity index (χ0) is 13.3. The van der Waals surface area contributed by atoms with Crippen LogP contribution in [0.5, 0.6) is 0 Å². The van der Waals surface area contributed by atoms with Crippen molar-refractivity contribution < 1.29 is 13.2 Å². The molecule has 0 radical (unpaired) electrons. The van der Waals surface area contributed by atoms with Gasteiger partial charge in [-0.2, -0.15) is 13.2 Å². The van der Waals surface area contributed by atoms with Gasteiger partial charge in [-0.1, -0.05) is 34.8 Å². The van der Waals surface area contributed by atoms with E-state index in [2.05, 4.69) is 15.9 Å². The molecule has 0 bridgehead atoms. The fourth-order valence-corrected chi connectivity index (χ4v) is 3.58. The molecular formula is C14H16BrF3. The Balaban J connectivity index is 2.29. The van der Waals surface area contributed by atoms with E-state index in [4.69, 9.17) is 0 Å². The van der Waals surface area contributed by atoms with Crippen LogP contribution in [0, 0.1) is 6.92 Å². The molecular weight excluding hydrogens is 305 g/mol. The second kappa shape index (κ2) is 5.24. The van der Waals surface area contributed by atoms with Crippen LogP contribution in [0.4, 0.5) is 13.2 Å². The van der Waals surface area contributed by atoms with Gasteiger partial charge in [-0.25, -0.2) is 0 Å². The van der Waals surface area contributed by atoms with Crippen LogP contribution in [0.2, 0.25) is 0 Å². The van der Waals surface area contributed by atoms with Crippen molar-refractivity contribution in [3.8, 4) is 0 Å². The van der Waals surface area contributed by atoms with Gasteiger partial charge in [-0.15, -0.1) is 0 Å². The molecule has 1 fully saturated rings. The molecule has 0 saturated heterocycles. The van der Waals surface area contributed by atoms with Gasteiger partial charge in [0.25, 0.3) is 0 Å². The lowest BCUT2D eigenvalue weighted by molar-refractivity contribution is -0.137. The van der Waals surface area contributed by atoms with Crippen LogP contribution in [-0.4, -0.2) is 4.83 Å². The molecule has 0 nitrogen and oxygen atoms in total. The number of hydrogen-bond donors (Lipinski definition) is 0. The zero-order valence-electron chi connectivity index (χ0n) is 10.2. The van der Waals surface area contributed by atoms with E-state index in [1.807, 2.05) is 0 Å². The molecule has 18 heavy (non-hydrogen) atoms. The topological polar surface area (TPSA) is 0 Å². The number of halogens is 4. The number of hydrogen-bond acceptors (Lipinski definition) is 0. The van der Waals surface area contributed by atoms with E-state index in [1.54, 1.807) is 13.0 Å². The Bertz CT molecular complexity index is 426.